The topological polar surface area (TPSA) is 15.3 Å². The molecule has 1 aliphatic rings. The lowest BCUT2D eigenvalue weighted by Gasteiger charge is -2.29. The Kier molecular flexibility index (Phi) is 5.70. The summed E-state index contributed by atoms with van der Waals surface area (Å²) in [7, 11) is 0. The molecule has 0 aliphatic carbocycles. The SMILES string of the molecule is CC(C)CN(CCC1NCCC1F)C(C)C. The van der Waals surface area contributed by atoms with E-state index < -0.39 is 6.17 Å². The summed E-state index contributed by atoms with van der Waals surface area (Å²) in [6.07, 6.45) is 0.996. The van der Waals surface area contributed by atoms with Crippen molar-refractivity contribution in [1.29, 1.82) is 0 Å². The maximum Gasteiger partial charge on any atom is 0.117 e. The van der Waals surface area contributed by atoms with Crippen LogP contribution in [0.4, 0.5) is 4.39 Å². The van der Waals surface area contributed by atoms with Gasteiger partial charge >= 0.3 is 0 Å². The largest absolute Gasteiger partial charge is 0.311 e. The van der Waals surface area contributed by atoms with E-state index in [1.807, 2.05) is 0 Å². The average molecular weight is 230 g/mol. The third-order valence-corrected chi connectivity index (χ3v) is 3.32. The highest BCUT2D eigenvalue weighted by Gasteiger charge is 2.26. The molecule has 0 aromatic heterocycles. The van der Waals surface area contributed by atoms with Crippen LogP contribution in [0.15, 0.2) is 0 Å². The van der Waals surface area contributed by atoms with Crippen LogP contribution < -0.4 is 5.32 Å². The van der Waals surface area contributed by atoms with Gasteiger partial charge in [0.05, 0.1) is 0 Å². The van der Waals surface area contributed by atoms with Crippen LogP contribution in [0.25, 0.3) is 0 Å². The van der Waals surface area contributed by atoms with E-state index in [4.69, 9.17) is 0 Å². The van der Waals surface area contributed by atoms with Gasteiger partial charge in [-0.05, 0) is 45.7 Å². The molecule has 16 heavy (non-hydrogen) atoms. The fourth-order valence-electron chi connectivity index (χ4n) is 2.35. The Labute approximate surface area is 99.6 Å². The van der Waals surface area contributed by atoms with Crippen molar-refractivity contribution in [2.24, 2.45) is 5.92 Å². The quantitative estimate of drug-likeness (QED) is 0.754. The van der Waals surface area contributed by atoms with E-state index in [-0.39, 0.29) is 6.04 Å². The molecule has 0 saturated carbocycles. The van der Waals surface area contributed by atoms with E-state index >= 15 is 0 Å². The highest BCUT2D eigenvalue weighted by atomic mass is 19.1. The molecule has 1 saturated heterocycles. The Balaban J connectivity index is 2.31. The third kappa shape index (κ3) is 4.38. The second kappa shape index (κ2) is 6.55. The molecule has 1 fully saturated rings. The van der Waals surface area contributed by atoms with Crippen LogP contribution in [0, 0.1) is 5.92 Å². The van der Waals surface area contributed by atoms with Crippen LogP contribution in [-0.2, 0) is 0 Å². The minimum atomic E-state index is -0.631. The normalized spacial score (nSPS) is 26.2. The van der Waals surface area contributed by atoms with Gasteiger partial charge in [0.2, 0.25) is 0 Å². The van der Waals surface area contributed by atoms with E-state index in [0.717, 1.165) is 26.1 Å². The summed E-state index contributed by atoms with van der Waals surface area (Å²) in [5.74, 6) is 0.681. The standard InChI is InChI=1S/C13H27FN2/c1-10(2)9-16(11(3)4)8-6-13-12(14)5-7-15-13/h10-13,15H,5-9H2,1-4H3. The van der Waals surface area contributed by atoms with Crippen molar-refractivity contribution >= 4 is 0 Å². The van der Waals surface area contributed by atoms with Crippen molar-refractivity contribution in [3.63, 3.8) is 0 Å². The van der Waals surface area contributed by atoms with Crippen molar-refractivity contribution in [3.05, 3.63) is 0 Å². The first-order valence-corrected chi connectivity index (χ1v) is 6.62. The molecule has 0 amide bonds. The second-order valence-electron chi connectivity index (χ2n) is 5.64. The molecule has 1 N–H and O–H groups in total. The highest BCUT2D eigenvalue weighted by Crippen LogP contribution is 2.15. The molecule has 3 heteroatoms. The Bertz CT molecular complexity index is 194. The van der Waals surface area contributed by atoms with E-state index in [9.17, 15) is 4.39 Å². The number of rotatable bonds is 6. The maximum atomic E-state index is 13.4. The molecular formula is C13H27FN2. The van der Waals surface area contributed by atoms with Gasteiger partial charge < -0.3 is 10.2 Å². The molecule has 1 heterocycles. The Morgan fingerprint density at radius 1 is 1.31 bits per heavy atom. The predicted molar refractivity (Wildman–Crippen MR) is 67.5 cm³/mol. The number of alkyl halides is 1. The number of nitrogens with zero attached hydrogens (tertiary/aromatic N) is 1. The summed E-state index contributed by atoms with van der Waals surface area (Å²) in [5.41, 5.74) is 0. The van der Waals surface area contributed by atoms with Gasteiger partial charge in [0.1, 0.15) is 6.17 Å². The molecule has 0 aromatic rings. The van der Waals surface area contributed by atoms with E-state index in [1.54, 1.807) is 0 Å². The fourth-order valence-corrected chi connectivity index (χ4v) is 2.35. The molecule has 2 nitrogen and oxygen atoms in total. The van der Waals surface area contributed by atoms with Gasteiger partial charge in [0.25, 0.3) is 0 Å². The maximum absolute atomic E-state index is 13.4. The average Bonchev–Trinajstić information content (AvgIpc) is 2.57. The van der Waals surface area contributed by atoms with Gasteiger partial charge in [0, 0.05) is 18.6 Å². The molecule has 0 aromatic carbocycles. The molecule has 1 rings (SSSR count). The fraction of sp³-hybridized carbons (Fsp3) is 1.00. The first kappa shape index (κ1) is 13.9. The number of nitrogens with one attached hydrogen (secondary N) is 1. The molecule has 0 radical (unpaired) electrons. The predicted octanol–water partition coefficient (Wildman–Crippen LogP) is 2.44. The summed E-state index contributed by atoms with van der Waals surface area (Å²) >= 11 is 0. The molecular weight excluding hydrogens is 203 g/mol. The van der Waals surface area contributed by atoms with Gasteiger partial charge in [0.15, 0.2) is 0 Å². The van der Waals surface area contributed by atoms with Crippen LogP contribution in [0.1, 0.15) is 40.5 Å². The highest BCUT2D eigenvalue weighted by molar-refractivity contribution is 4.84. The molecule has 1 aliphatic heterocycles. The minimum absolute atomic E-state index is 0.0911. The monoisotopic (exact) mass is 230 g/mol. The first-order chi connectivity index (χ1) is 7.50. The number of hydrogen-bond donors (Lipinski definition) is 1. The van der Waals surface area contributed by atoms with Gasteiger partial charge in [-0.3, -0.25) is 0 Å². The van der Waals surface area contributed by atoms with Crippen LogP contribution in [0.5, 0.6) is 0 Å². The van der Waals surface area contributed by atoms with Crippen molar-refractivity contribution in [3.8, 4) is 0 Å². The minimum Gasteiger partial charge on any atom is -0.311 e. The summed E-state index contributed by atoms with van der Waals surface area (Å²) in [5, 5.41) is 3.25. The lowest BCUT2D eigenvalue weighted by molar-refractivity contribution is 0.178. The van der Waals surface area contributed by atoms with Crippen molar-refractivity contribution in [1.82, 2.24) is 10.2 Å². The molecule has 2 atom stereocenters. The Morgan fingerprint density at radius 3 is 2.44 bits per heavy atom. The zero-order valence-electron chi connectivity index (χ0n) is 11.2. The summed E-state index contributed by atoms with van der Waals surface area (Å²) < 4.78 is 13.4. The summed E-state index contributed by atoms with van der Waals surface area (Å²) in [6, 6.07) is 0.648. The van der Waals surface area contributed by atoms with Crippen molar-refractivity contribution in [2.45, 2.75) is 58.8 Å². The summed E-state index contributed by atoms with van der Waals surface area (Å²) in [6.45, 7) is 11.9. The van der Waals surface area contributed by atoms with Gasteiger partial charge in [-0.1, -0.05) is 13.8 Å². The number of hydrogen-bond acceptors (Lipinski definition) is 2. The van der Waals surface area contributed by atoms with Gasteiger partial charge in [-0.25, -0.2) is 4.39 Å². The zero-order valence-corrected chi connectivity index (χ0v) is 11.2. The molecule has 96 valence electrons. The van der Waals surface area contributed by atoms with Gasteiger partial charge in [-0.2, -0.15) is 0 Å². The molecule has 0 bridgehead atoms. The van der Waals surface area contributed by atoms with Crippen LogP contribution in [0.3, 0.4) is 0 Å². The van der Waals surface area contributed by atoms with Crippen molar-refractivity contribution in [2.75, 3.05) is 19.6 Å². The third-order valence-electron chi connectivity index (χ3n) is 3.32. The number of halogens is 1. The Hall–Kier alpha value is -0.150. The lowest BCUT2D eigenvalue weighted by atomic mass is 10.1. The van der Waals surface area contributed by atoms with E-state index in [1.165, 1.54) is 0 Å². The van der Waals surface area contributed by atoms with Crippen molar-refractivity contribution < 1.29 is 4.39 Å². The smallest absolute Gasteiger partial charge is 0.117 e. The lowest BCUT2D eigenvalue weighted by Crippen LogP contribution is -2.39. The Morgan fingerprint density at radius 2 is 2.00 bits per heavy atom. The molecule has 2 unspecified atom stereocenters. The van der Waals surface area contributed by atoms with Gasteiger partial charge in [-0.15, -0.1) is 0 Å². The zero-order chi connectivity index (χ0) is 12.1. The van der Waals surface area contributed by atoms with E-state index in [2.05, 4.69) is 37.9 Å². The van der Waals surface area contributed by atoms with E-state index in [0.29, 0.717) is 18.4 Å². The molecule has 0 spiro atoms. The second-order valence-corrected chi connectivity index (χ2v) is 5.64. The van der Waals surface area contributed by atoms with Crippen LogP contribution in [0.2, 0.25) is 0 Å². The van der Waals surface area contributed by atoms with Crippen LogP contribution >= 0.6 is 0 Å². The van der Waals surface area contributed by atoms with Crippen LogP contribution in [-0.4, -0.2) is 42.8 Å². The summed E-state index contributed by atoms with van der Waals surface area (Å²) in [4.78, 5) is 2.46. The first-order valence-electron chi connectivity index (χ1n) is 6.62.